The van der Waals surface area contributed by atoms with Crippen molar-refractivity contribution in [2.45, 2.75) is 491 Å². The molecule has 0 radical (unpaired) electrons. The molecule has 0 saturated heterocycles. The molecule has 0 spiro atoms. The third kappa shape index (κ3) is 78.4. The maximum absolute atomic E-state index is 14.0. The van der Waals surface area contributed by atoms with E-state index in [2.05, 4.69) is 67.3 Å². The molecule has 0 unspecified atom stereocenters. The zero-order valence-electron chi connectivity index (χ0n) is 79.5. The van der Waals surface area contributed by atoms with E-state index in [1.165, 1.54) is 218 Å². The number of esters is 4. The van der Waals surface area contributed by atoms with Gasteiger partial charge in [-0.1, -0.05) is 324 Å². The standard InChI is InChI=1S/C100H195N7O10S/c1-11-17-23-29-35-37-39-51-66-87-114-95(110)73-60-53-64-82-105(80-62-49-41-47-58-74-96(111)116-91(69-54-43-31-25-19-13-3)70-55-44-32-26-20-14-4)85-78-101-93(108)89-107(84-68-77-103-99(118)104(9)10)90-94(109)102-79-86-106(83-65-61-76-100(7,8)98(113)115-88-67-52-40-38-36-30-24-18-12-2)81-63-50-42-48-59-75-97(112)117-92(71-56-45-33-27-21-15-5)72-57-46-34-28-22-16-6/h91-92H,11-90H2,1-10H3,(H,101,108)(H,102,109)(H,103,118). The van der Waals surface area contributed by atoms with Crippen molar-refractivity contribution < 1.29 is 47.7 Å². The van der Waals surface area contributed by atoms with Crippen LogP contribution in [0.2, 0.25) is 0 Å². The molecule has 2 amide bonds. The molecule has 0 aliphatic rings. The molecule has 17 nitrogen and oxygen atoms in total. The molecular formula is C100H195N7O10S. The van der Waals surface area contributed by atoms with E-state index in [4.69, 9.17) is 31.2 Å². The fraction of sp³-hybridized carbons (Fsp3) is 0.930. The molecule has 0 aromatic carbocycles. The summed E-state index contributed by atoms with van der Waals surface area (Å²) in [7, 11) is 3.82. The van der Waals surface area contributed by atoms with Crippen LogP contribution in [0.4, 0.5) is 0 Å². The molecular weight excluding hydrogens is 1490 g/mol. The Morgan fingerprint density at radius 3 is 0.924 bits per heavy atom. The van der Waals surface area contributed by atoms with E-state index < -0.39 is 5.41 Å². The van der Waals surface area contributed by atoms with Gasteiger partial charge >= 0.3 is 23.9 Å². The third-order valence-electron chi connectivity index (χ3n) is 23.8. The molecule has 696 valence electrons. The first-order chi connectivity index (χ1) is 57.4. The van der Waals surface area contributed by atoms with E-state index in [0.29, 0.717) is 83.3 Å². The number of unbranched alkanes of at least 4 members (excludes halogenated alkanes) is 47. The van der Waals surface area contributed by atoms with Crippen LogP contribution < -0.4 is 16.0 Å². The van der Waals surface area contributed by atoms with Gasteiger partial charge in [-0.25, -0.2) is 0 Å². The van der Waals surface area contributed by atoms with Crippen molar-refractivity contribution in [1.82, 2.24) is 35.6 Å². The van der Waals surface area contributed by atoms with Gasteiger partial charge in [0, 0.05) is 72.6 Å². The highest BCUT2D eigenvalue weighted by molar-refractivity contribution is 7.80. The zero-order valence-corrected chi connectivity index (χ0v) is 80.3. The number of thiocarbonyl (C=S) groups is 1. The first-order valence-corrected chi connectivity index (χ1v) is 51.2. The number of carbonyl (C=O) groups is 6. The summed E-state index contributed by atoms with van der Waals surface area (Å²) in [6, 6.07) is 0. The molecule has 0 atom stereocenters. The van der Waals surface area contributed by atoms with E-state index in [0.717, 1.165) is 206 Å². The summed E-state index contributed by atoms with van der Waals surface area (Å²) >= 11 is 5.54. The molecule has 118 heavy (non-hydrogen) atoms. The van der Waals surface area contributed by atoms with Crippen LogP contribution in [0, 0.1) is 5.41 Å². The van der Waals surface area contributed by atoms with E-state index >= 15 is 0 Å². The molecule has 0 rings (SSSR count). The maximum atomic E-state index is 14.0. The smallest absolute Gasteiger partial charge is 0.311 e. The fourth-order valence-corrected chi connectivity index (χ4v) is 16.0. The summed E-state index contributed by atoms with van der Waals surface area (Å²) in [5.74, 6) is -0.509. The van der Waals surface area contributed by atoms with Gasteiger partial charge in [0.25, 0.3) is 0 Å². The molecule has 0 aromatic heterocycles. The Labute approximate surface area is 734 Å². The largest absolute Gasteiger partial charge is 0.466 e. The van der Waals surface area contributed by atoms with Crippen LogP contribution in [0.3, 0.4) is 0 Å². The van der Waals surface area contributed by atoms with Crippen molar-refractivity contribution in [3.63, 3.8) is 0 Å². The molecule has 18 heteroatoms. The van der Waals surface area contributed by atoms with Gasteiger partial charge in [0.2, 0.25) is 11.8 Å². The summed E-state index contributed by atoms with van der Waals surface area (Å²) in [6.45, 7) is 25.7. The van der Waals surface area contributed by atoms with Gasteiger partial charge in [0.15, 0.2) is 5.11 Å². The molecule has 0 aromatic rings. The lowest BCUT2D eigenvalue weighted by Gasteiger charge is -2.26. The van der Waals surface area contributed by atoms with E-state index in [-0.39, 0.29) is 61.0 Å². The average Bonchev–Trinajstić information content (AvgIpc) is 0.885. The van der Waals surface area contributed by atoms with Crippen molar-refractivity contribution in [3.05, 3.63) is 0 Å². The number of nitrogens with one attached hydrogen (secondary N) is 3. The second kappa shape index (κ2) is 86.9. The second-order valence-corrected chi connectivity index (χ2v) is 36.6. The van der Waals surface area contributed by atoms with Crippen molar-refractivity contribution >= 4 is 53.0 Å². The summed E-state index contributed by atoms with van der Waals surface area (Å²) in [6.07, 6.45) is 73.2. The lowest BCUT2D eigenvalue weighted by atomic mass is 9.87. The SMILES string of the molecule is CCCCCCCCCCCOC(=O)CCCCCN(CCCCCCCC(=O)OC(CCCCCCCC)CCCCCCCC)CCNC(=O)CN(CCCNC(=S)N(C)C)CC(=O)NCCN(CCCCCCCC(=O)OC(CCCCCCCC)CCCCCCCC)CCCCC(C)(C)C(=O)OCCCCCCCCCCC. The van der Waals surface area contributed by atoms with Crippen molar-refractivity contribution in [1.29, 1.82) is 0 Å². The van der Waals surface area contributed by atoms with Gasteiger partial charge in [-0.2, -0.15) is 0 Å². The molecule has 0 aliphatic heterocycles. The second-order valence-electron chi connectivity index (χ2n) is 36.2. The number of rotatable bonds is 92. The number of amides is 2. The number of carbonyl (C=O) groups excluding carboxylic acids is 6. The van der Waals surface area contributed by atoms with Gasteiger partial charge in [0.1, 0.15) is 12.2 Å². The van der Waals surface area contributed by atoms with Crippen LogP contribution in [0.25, 0.3) is 0 Å². The summed E-state index contributed by atoms with van der Waals surface area (Å²) < 4.78 is 23.8. The van der Waals surface area contributed by atoms with E-state index in [9.17, 15) is 28.8 Å². The van der Waals surface area contributed by atoms with E-state index in [1.807, 2.05) is 37.7 Å². The highest BCUT2D eigenvalue weighted by Crippen LogP contribution is 2.27. The highest BCUT2D eigenvalue weighted by Gasteiger charge is 2.29. The molecule has 0 fully saturated rings. The maximum Gasteiger partial charge on any atom is 0.311 e. The van der Waals surface area contributed by atoms with Crippen molar-refractivity contribution in [2.24, 2.45) is 5.41 Å². The molecule has 0 aliphatic carbocycles. The molecule has 0 bridgehead atoms. The van der Waals surface area contributed by atoms with Crippen LogP contribution in [0.15, 0.2) is 0 Å². The summed E-state index contributed by atoms with van der Waals surface area (Å²) in [4.78, 5) is 89.3. The highest BCUT2D eigenvalue weighted by atomic mass is 32.1. The number of hydrogen-bond acceptors (Lipinski definition) is 14. The molecule has 0 saturated carbocycles. The molecule has 0 heterocycles. The fourth-order valence-electron chi connectivity index (χ4n) is 15.9. The predicted octanol–water partition coefficient (Wildman–Crippen LogP) is 25.4. The van der Waals surface area contributed by atoms with E-state index in [1.54, 1.807) is 0 Å². The Bertz CT molecular complexity index is 2250. The van der Waals surface area contributed by atoms with Gasteiger partial charge in [-0.3, -0.25) is 33.7 Å². The summed E-state index contributed by atoms with van der Waals surface area (Å²) in [5, 5.41) is 10.4. The summed E-state index contributed by atoms with van der Waals surface area (Å²) in [5.41, 5.74) is -0.567. The minimum absolute atomic E-state index is 0.0326. The minimum atomic E-state index is -0.567. The van der Waals surface area contributed by atoms with Gasteiger partial charge in [-0.05, 0) is 174 Å². The Balaban J connectivity index is 6.04. The normalized spacial score (nSPS) is 11.8. The van der Waals surface area contributed by atoms with Crippen molar-refractivity contribution in [3.8, 4) is 0 Å². The van der Waals surface area contributed by atoms with Gasteiger partial charge in [-0.15, -0.1) is 0 Å². The van der Waals surface area contributed by atoms with Gasteiger partial charge < -0.3 is 49.6 Å². The van der Waals surface area contributed by atoms with Crippen LogP contribution in [0.1, 0.15) is 479 Å². The average molecular weight is 1690 g/mol. The Kier molecular flexibility index (Phi) is 84.2. The van der Waals surface area contributed by atoms with Crippen molar-refractivity contribution in [2.75, 3.05) is 106 Å². The zero-order chi connectivity index (χ0) is 86.5. The third-order valence-corrected chi connectivity index (χ3v) is 24.3. The van der Waals surface area contributed by atoms with Crippen LogP contribution in [-0.4, -0.2) is 178 Å². The van der Waals surface area contributed by atoms with Crippen LogP contribution in [-0.2, 0) is 47.7 Å². The quantitative estimate of drug-likeness (QED) is 0.0226. The lowest BCUT2D eigenvalue weighted by Crippen LogP contribution is -2.46. The number of hydrogen-bond donors (Lipinski definition) is 3. The topological polar surface area (TPSA) is 188 Å². The predicted molar refractivity (Wildman–Crippen MR) is 504 cm³/mol. The number of nitrogens with zero attached hydrogens (tertiary/aromatic N) is 4. The first kappa shape index (κ1) is 114. The Morgan fingerprint density at radius 1 is 0.297 bits per heavy atom. The van der Waals surface area contributed by atoms with Gasteiger partial charge in [0.05, 0.1) is 31.7 Å². The Hall–Kier alpha value is -3.61. The van der Waals surface area contributed by atoms with Crippen LogP contribution in [0.5, 0.6) is 0 Å². The number of ether oxygens (including phenoxy) is 4. The monoisotopic (exact) mass is 1690 g/mol. The molecule has 3 N–H and O–H groups in total. The van der Waals surface area contributed by atoms with Crippen LogP contribution >= 0.6 is 12.2 Å². The minimum Gasteiger partial charge on any atom is -0.466 e. The first-order valence-electron chi connectivity index (χ1n) is 50.8. The lowest BCUT2D eigenvalue weighted by molar-refractivity contribution is -0.154. The Morgan fingerprint density at radius 2 is 0.576 bits per heavy atom.